The summed E-state index contributed by atoms with van der Waals surface area (Å²) in [4.78, 5) is 0. The number of rotatable bonds is 4. The molecular formula is C11H21NO. The molecule has 2 rings (SSSR count). The highest BCUT2D eigenvalue weighted by Crippen LogP contribution is 2.29. The van der Waals surface area contributed by atoms with Crippen molar-refractivity contribution in [2.75, 3.05) is 6.54 Å². The molecule has 0 heterocycles. The Hall–Kier alpha value is -0.0800. The van der Waals surface area contributed by atoms with Gasteiger partial charge >= 0.3 is 0 Å². The molecule has 2 aliphatic carbocycles. The Kier molecular flexibility index (Phi) is 3.23. The number of aliphatic hydroxyl groups excluding tert-OH is 1. The fourth-order valence-electron chi connectivity index (χ4n) is 2.41. The van der Waals surface area contributed by atoms with Crippen molar-refractivity contribution < 1.29 is 5.11 Å². The van der Waals surface area contributed by atoms with Crippen LogP contribution in [-0.2, 0) is 0 Å². The first-order chi connectivity index (χ1) is 6.36. The van der Waals surface area contributed by atoms with Crippen molar-refractivity contribution in [3.8, 4) is 0 Å². The van der Waals surface area contributed by atoms with Gasteiger partial charge in [-0.25, -0.2) is 0 Å². The summed E-state index contributed by atoms with van der Waals surface area (Å²) < 4.78 is 0. The smallest absolute Gasteiger partial charge is 0.0692 e. The first-order valence-electron chi connectivity index (χ1n) is 5.78. The Bertz CT molecular complexity index is 150. The fourth-order valence-corrected chi connectivity index (χ4v) is 2.41. The van der Waals surface area contributed by atoms with Crippen LogP contribution in [0.25, 0.3) is 0 Å². The summed E-state index contributed by atoms with van der Waals surface area (Å²) in [6, 6.07) is 0.703. The van der Waals surface area contributed by atoms with Crippen LogP contribution in [0.3, 0.4) is 0 Å². The molecule has 0 amide bonds. The van der Waals surface area contributed by atoms with Crippen molar-refractivity contribution in [3.05, 3.63) is 0 Å². The molecule has 0 aromatic heterocycles. The largest absolute Gasteiger partial charge is 0.392 e. The van der Waals surface area contributed by atoms with E-state index in [1.165, 1.54) is 44.9 Å². The number of nitrogens with one attached hydrogen (secondary N) is 1. The zero-order valence-corrected chi connectivity index (χ0v) is 8.34. The van der Waals surface area contributed by atoms with E-state index in [4.69, 9.17) is 0 Å². The lowest BCUT2D eigenvalue weighted by atomic mass is 9.81. The van der Waals surface area contributed by atoms with Gasteiger partial charge in [0.15, 0.2) is 0 Å². The third kappa shape index (κ3) is 2.44. The van der Waals surface area contributed by atoms with Gasteiger partial charge in [0.05, 0.1) is 6.10 Å². The maximum Gasteiger partial charge on any atom is 0.0692 e. The number of hydrogen-bond acceptors (Lipinski definition) is 2. The second kappa shape index (κ2) is 4.43. The van der Waals surface area contributed by atoms with Crippen molar-refractivity contribution in [2.24, 2.45) is 5.92 Å². The van der Waals surface area contributed by atoms with Gasteiger partial charge in [-0.15, -0.1) is 0 Å². The predicted molar refractivity (Wildman–Crippen MR) is 53.6 cm³/mol. The van der Waals surface area contributed by atoms with Crippen molar-refractivity contribution in [3.63, 3.8) is 0 Å². The molecular weight excluding hydrogens is 162 g/mol. The Morgan fingerprint density at radius 2 is 1.77 bits per heavy atom. The molecule has 0 radical (unpaired) electrons. The Balaban J connectivity index is 1.60. The Morgan fingerprint density at radius 3 is 2.31 bits per heavy atom. The second-order valence-electron chi connectivity index (χ2n) is 4.65. The molecule has 76 valence electrons. The predicted octanol–water partition coefficient (Wildman–Crippen LogP) is 1.68. The van der Waals surface area contributed by atoms with Gasteiger partial charge in [-0.1, -0.05) is 19.3 Å². The molecule has 13 heavy (non-hydrogen) atoms. The summed E-state index contributed by atoms with van der Waals surface area (Å²) in [7, 11) is 0. The molecule has 2 aliphatic rings. The second-order valence-corrected chi connectivity index (χ2v) is 4.65. The lowest BCUT2D eigenvalue weighted by molar-refractivity contribution is 0.0602. The lowest BCUT2D eigenvalue weighted by Crippen LogP contribution is -2.39. The van der Waals surface area contributed by atoms with Gasteiger partial charge in [0.2, 0.25) is 0 Å². The summed E-state index contributed by atoms with van der Waals surface area (Å²) >= 11 is 0. The Labute approximate surface area is 80.7 Å². The van der Waals surface area contributed by atoms with Gasteiger partial charge in [0.25, 0.3) is 0 Å². The Morgan fingerprint density at radius 1 is 1.08 bits per heavy atom. The summed E-state index contributed by atoms with van der Waals surface area (Å²) in [5.74, 6) is 0.605. The minimum absolute atomic E-state index is 0.0747. The maximum atomic E-state index is 9.77. The van der Waals surface area contributed by atoms with E-state index in [2.05, 4.69) is 5.32 Å². The van der Waals surface area contributed by atoms with Crippen LogP contribution in [0, 0.1) is 5.92 Å². The molecule has 2 saturated carbocycles. The molecule has 2 heteroatoms. The SMILES string of the molecule is OC(CNC1CCCC1)C1CCC1. The molecule has 0 aromatic carbocycles. The number of hydrogen-bond donors (Lipinski definition) is 2. The van der Waals surface area contributed by atoms with Crippen LogP contribution >= 0.6 is 0 Å². The number of aliphatic hydroxyl groups is 1. The summed E-state index contributed by atoms with van der Waals surface area (Å²) in [5.41, 5.74) is 0. The van der Waals surface area contributed by atoms with Gasteiger partial charge in [0.1, 0.15) is 0 Å². The molecule has 0 bridgehead atoms. The summed E-state index contributed by atoms with van der Waals surface area (Å²) in [6.07, 6.45) is 9.12. The average molecular weight is 183 g/mol. The van der Waals surface area contributed by atoms with E-state index in [1.807, 2.05) is 0 Å². The minimum Gasteiger partial charge on any atom is -0.392 e. The van der Waals surface area contributed by atoms with E-state index in [9.17, 15) is 5.11 Å². The average Bonchev–Trinajstić information content (AvgIpc) is 2.49. The summed E-state index contributed by atoms with van der Waals surface area (Å²) in [5, 5.41) is 13.2. The van der Waals surface area contributed by atoms with Crippen LogP contribution in [0.15, 0.2) is 0 Å². The topological polar surface area (TPSA) is 32.3 Å². The van der Waals surface area contributed by atoms with E-state index in [0.717, 1.165) is 6.54 Å². The molecule has 0 aromatic rings. The van der Waals surface area contributed by atoms with Crippen molar-refractivity contribution in [1.82, 2.24) is 5.32 Å². The van der Waals surface area contributed by atoms with Gasteiger partial charge in [0, 0.05) is 12.6 Å². The van der Waals surface area contributed by atoms with Crippen molar-refractivity contribution in [1.29, 1.82) is 0 Å². The molecule has 0 spiro atoms. The molecule has 2 N–H and O–H groups in total. The highest BCUT2D eigenvalue weighted by molar-refractivity contribution is 4.81. The van der Waals surface area contributed by atoms with Crippen LogP contribution in [0.5, 0.6) is 0 Å². The zero-order valence-electron chi connectivity index (χ0n) is 8.34. The minimum atomic E-state index is -0.0747. The summed E-state index contributed by atoms with van der Waals surface area (Å²) in [6.45, 7) is 0.829. The van der Waals surface area contributed by atoms with Crippen molar-refractivity contribution >= 4 is 0 Å². The van der Waals surface area contributed by atoms with E-state index in [-0.39, 0.29) is 6.10 Å². The highest BCUT2D eigenvalue weighted by Gasteiger charge is 2.26. The lowest BCUT2D eigenvalue weighted by Gasteiger charge is -2.31. The van der Waals surface area contributed by atoms with Crippen LogP contribution in [0.2, 0.25) is 0 Å². The third-order valence-electron chi connectivity index (χ3n) is 3.66. The highest BCUT2D eigenvalue weighted by atomic mass is 16.3. The van der Waals surface area contributed by atoms with E-state index >= 15 is 0 Å². The first kappa shape index (κ1) is 9.47. The fraction of sp³-hybridized carbons (Fsp3) is 1.00. The van der Waals surface area contributed by atoms with E-state index in [0.29, 0.717) is 12.0 Å². The third-order valence-corrected chi connectivity index (χ3v) is 3.66. The van der Waals surface area contributed by atoms with Gasteiger partial charge in [-0.05, 0) is 31.6 Å². The standard InChI is InChI=1S/C11H21NO/c13-11(9-4-3-5-9)8-12-10-6-1-2-7-10/h9-13H,1-8H2. The van der Waals surface area contributed by atoms with E-state index in [1.54, 1.807) is 0 Å². The normalized spacial score (nSPS) is 27.5. The zero-order chi connectivity index (χ0) is 9.10. The molecule has 0 aliphatic heterocycles. The van der Waals surface area contributed by atoms with Crippen LogP contribution in [-0.4, -0.2) is 23.8 Å². The van der Waals surface area contributed by atoms with Gasteiger partial charge in [-0.2, -0.15) is 0 Å². The van der Waals surface area contributed by atoms with Crippen molar-refractivity contribution in [2.45, 2.75) is 57.1 Å². The monoisotopic (exact) mass is 183 g/mol. The van der Waals surface area contributed by atoms with Crippen LogP contribution in [0.1, 0.15) is 44.9 Å². The van der Waals surface area contributed by atoms with Crippen LogP contribution in [0.4, 0.5) is 0 Å². The van der Waals surface area contributed by atoms with E-state index < -0.39 is 0 Å². The van der Waals surface area contributed by atoms with Gasteiger partial charge in [-0.3, -0.25) is 0 Å². The molecule has 2 fully saturated rings. The maximum absolute atomic E-state index is 9.77. The molecule has 2 nitrogen and oxygen atoms in total. The molecule has 1 atom stereocenters. The van der Waals surface area contributed by atoms with Crippen LogP contribution < -0.4 is 5.32 Å². The molecule has 1 unspecified atom stereocenters. The quantitative estimate of drug-likeness (QED) is 0.695. The first-order valence-corrected chi connectivity index (χ1v) is 5.78. The van der Waals surface area contributed by atoms with Gasteiger partial charge < -0.3 is 10.4 Å². The molecule has 0 saturated heterocycles.